The van der Waals surface area contributed by atoms with Gasteiger partial charge in [-0.3, -0.25) is 14.7 Å². The van der Waals surface area contributed by atoms with E-state index >= 15 is 4.39 Å². The van der Waals surface area contributed by atoms with Crippen LogP contribution in [0.1, 0.15) is 36.5 Å². The van der Waals surface area contributed by atoms with Gasteiger partial charge in [0, 0.05) is 61.5 Å². The van der Waals surface area contributed by atoms with Gasteiger partial charge < -0.3 is 19.3 Å². The summed E-state index contributed by atoms with van der Waals surface area (Å²) >= 11 is 6.45. The number of hydrogen-bond acceptors (Lipinski definition) is 10. The van der Waals surface area contributed by atoms with Crippen molar-refractivity contribution >= 4 is 51.1 Å². The van der Waals surface area contributed by atoms with Crippen LogP contribution in [-0.2, 0) is 9.53 Å². The number of benzene rings is 2. The molecule has 0 unspecified atom stereocenters. The maximum Gasteiger partial charge on any atom is 0.319 e. The summed E-state index contributed by atoms with van der Waals surface area (Å²) in [6.45, 7) is 6.61. The second-order valence-electron chi connectivity index (χ2n) is 15.1. The number of nitrogens with zero attached hydrogens (tertiary/aromatic N) is 8. The number of rotatable bonds is 7. The molecule has 4 aliphatic rings. The number of carbonyl (C=O) groups excluding carboxylic acids is 1. The van der Waals surface area contributed by atoms with E-state index in [0.29, 0.717) is 84.9 Å². The van der Waals surface area contributed by atoms with Crippen molar-refractivity contribution in [1.82, 2.24) is 34.7 Å². The summed E-state index contributed by atoms with van der Waals surface area (Å²) in [4.78, 5) is 42.4. The molecule has 15 heteroatoms. The van der Waals surface area contributed by atoms with Crippen molar-refractivity contribution in [3.8, 4) is 17.3 Å². The Balaban J connectivity index is 1.09. The Hall–Kier alpha value is -4.92. The van der Waals surface area contributed by atoms with E-state index in [1.165, 1.54) is 18.3 Å². The molecule has 7 heterocycles. The van der Waals surface area contributed by atoms with Gasteiger partial charge in [0.1, 0.15) is 47.0 Å². The van der Waals surface area contributed by atoms with Gasteiger partial charge in [-0.1, -0.05) is 35.9 Å². The number of pyridine rings is 1. The number of ether oxygens (including phenoxy) is 2. The zero-order valence-corrected chi connectivity index (χ0v) is 31.1. The number of amides is 1. The minimum atomic E-state index is -0.954. The Labute approximate surface area is 320 Å². The minimum absolute atomic E-state index is 0.0408. The molecule has 0 bridgehead atoms. The molecule has 1 amide bonds. The summed E-state index contributed by atoms with van der Waals surface area (Å²) in [6.07, 6.45) is 5.82. The normalized spacial score (nSPS) is 22.3. The molecule has 3 aromatic heterocycles. The number of piperazine rings is 1. The van der Waals surface area contributed by atoms with Crippen LogP contribution in [0.3, 0.4) is 0 Å². The average molecular weight is 771 g/mol. The molecule has 284 valence electrons. The lowest BCUT2D eigenvalue weighted by atomic mass is 9.91. The fraction of sp³-hybridized carbons (Fsp3) is 0.400. The Morgan fingerprint density at radius 1 is 1.09 bits per heavy atom. The number of halogens is 4. The van der Waals surface area contributed by atoms with Gasteiger partial charge in [-0.05, 0) is 56.8 Å². The molecule has 0 aliphatic carbocycles. The van der Waals surface area contributed by atoms with Crippen molar-refractivity contribution in [2.45, 2.75) is 50.4 Å². The summed E-state index contributed by atoms with van der Waals surface area (Å²) < 4.78 is 58.4. The highest BCUT2D eigenvalue weighted by Gasteiger charge is 2.51. The predicted molar refractivity (Wildman–Crippen MR) is 202 cm³/mol. The number of aromatic nitrogens is 5. The monoisotopic (exact) mass is 770 g/mol. The quantitative estimate of drug-likeness (QED) is 0.176. The van der Waals surface area contributed by atoms with E-state index in [1.807, 2.05) is 22.8 Å². The van der Waals surface area contributed by atoms with Gasteiger partial charge in [-0.2, -0.15) is 9.97 Å². The number of alkyl halides is 1. The SMILES string of the molecule is Cc1cc(/C=C/C(=O)N2CCN(c3nc(OC[C@@]45CCCN4C[C@H](F)C5)nc4c(F)c(-c5cccc6ccc(F)c(Cl)c56)ncc34)CC23COC3)nc(C)n1. The molecule has 2 aromatic carbocycles. The van der Waals surface area contributed by atoms with E-state index in [-0.39, 0.29) is 34.8 Å². The second-order valence-corrected chi connectivity index (χ2v) is 15.5. The molecule has 11 nitrogen and oxygen atoms in total. The van der Waals surface area contributed by atoms with E-state index in [1.54, 1.807) is 37.3 Å². The Bertz CT molecular complexity index is 2380. The van der Waals surface area contributed by atoms with E-state index < -0.39 is 28.9 Å². The van der Waals surface area contributed by atoms with Crippen molar-refractivity contribution in [2.75, 3.05) is 57.4 Å². The Morgan fingerprint density at radius 3 is 2.75 bits per heavy atom. The third kappa shape index (κ3) is 6.24. The molecular weight excluding hydrogens is 733 g/mol. The molecule has 2 atom stereocenters. The highest BCUT2D eigenvalue weighted by atomic mass is 35.5. The molecule has 5 aromatic rings. The van der Waals surface area contributed by atoms with Crippen molar-refractivity contribution in [3.05, 3.63) is 82.5 Å². The molecule has 4 saturated heterocycles. The third-order valence-electron chi connectivity index (χ3n) is 11.4. The smallest absolute Gasteiger partial charge is 0.319 e. The van der Waals surface area contributed by atoms with Gasteiger partial charge in [0.2, 0.25) is 5.91 Å². The van der Waals surface area contributed by atoms with E-state index in [0.717, 1.165) is 25.1 Å². The summed E-state index contributed by atoms with van der Waals surface area (Å²) in [6, 6.07) is 9.75. The lowest BCUT2D eigenvalue weighted by molar-refractivity contribution is -0.164. The highest BCUT2D eigenvalue weighted by Crippen LogP contribution is 2.42. The molecule has 1 spiro atoms. The minimum Gasteiger partial charge on any atom is -0.461 e. The standard InChI is InChI=1S/C40H38ClF3N8O3/c1-23-15-27(47-24(2)46-23)8-10-31(53)52-14-13-50(19-40(52)20-54-21-40)37-29-17-45-35(28-6-3-5-25-7-9-30(43)33(41)32(25)28)34(44)36(29)48-38(49-37)55-22-39-11-4-12-51(39)18-26(42)16-39/h3,5-10,15,17,26H,4,11-14,16,18-22H2,1-2H3/b10-8+/t26-,39+/m1/s1. The molecule has 0 radical (unpaired) electrons. The maximum absolute atomic E-state index is 17.0. The number of carbonyl (C=O) groups is 1. The highest BCUT2D eigenvalue weighted by molar-refractivity contribution is 6.36. The van der Waals surface area contributed by atoms with Gasteiger partial charge in [0.25, 0.3) is 0 Å². The molecule has 0 N–H and O–H groups in total. The summed E-state index contributed by atoms with van der Waals surface area (Å²) in [7, 11) is 0. The van der Waals surface area contributed by atoms with Crippen molar-refractivity contribution in [1.29, 1.82) is 0 Å². The van der Waals surface area contributed by atoms with Crippen LogP contribution in [-0.4, -0.2) is 110 Å². The van der Waals surface area contributed by atoms with Crippen LogP contribution < -0.4 is 9.64 Å². The van der Waals surface area contributed by atoms with Gasteiger partial charge in [-0.25, -0.2) is 23.1 Å². The number of hydrogen-bond donors (Lipinski definition) is 0. The summed E-state index contributed by atoms with van der Waals surface area (Å²) in [5.41, 5.74) is 0.496. The average Bonchev–Trinajstić information content (AvgIpc) is 3.68. The second kappa shape index (κ2) is 13.7. The maximum atomic E-state index is 17.0. The number of aryl methyl sites for hydroxylation is 2. The molecule has 55 heavy (non-hydrogen) atoms. The van der Waals surface area contributed by atoms with E-state index in [4.69, 9.17) is 26.1 Å². The van der Waals surface area contributed by atoms with Crippen LogP contribution in [0.5, 0.6) is 6.01 Å². The summed E-state index contributed by atoms with van der Waals surface area (Å²) in [5, 5.41) is 1.15. The van der Waals surface area contributed by atoms with Gasteiger partial charge in [-0.15, -0.1) is 0 Å². The van der Waals surface area contributed by atoms with Crippen molar-refractivity contribution in [3.63, 3.8) is 0 Å². The van der Waals surface area contributed by atoms with Gasteiger partial charge in [0.15, 0.2) is 5.82 Å². The predicted octanol–water partition coefficient (Wildman–Crippen LogP) is 6.27. The van der Waals surface area contributed by atoms with Gasteiger partial charge in [0.05, 0.1) is 34.9 Å². The first kappa shape index (κ1) is 35.8. The first-order valence-electron chi connectivity index (χ1n) is 18.4. The van der Waals surface area contributed by atoms with Gasteiger partial charge >= 0.3 is 6.01 Å². The van der Waals surface area contributed by atoms with Crippen LogP contribution >= 0.6 is 11.6 Å². The molecule has 4 aliphatic heterocycles. The number of fused-ring (bicyclic) bond motifs is 3. The third-order valence-corrected chi connectivity index (χ3v) is 11.8. The van der Waals surface area contributed by atoms with Crippen LogP contribution in [0.25, 0.3) is 39.0 Å². The lowest BCUT2D eigenvalue weighted by Gasteiger charge is -2.55. The zero-order chi connectivity index (χ0) is 38.1. The van der Waals surface area contributed by atoms with Crippen molar-refractivity contribution in [2.24, 2.45) is 0 Å². The molecule has 4 fully saturated rings. The van der Waals surface area contributed by atoms with E-state index in [9.17, 15) is 13.6 Å². The summed E-state index contributed by atoms with van der Waals surface area (Å²) in [5.74, 6) is -0.560. The topological polar surface area (TPSA) is 110 Å². The fourth-order valence-electron chi connectivity index (χ4n) is 8.83. The van der Waals surface area contributed by atoms with E-state index in [2.05, 4.69) is 24.8 Å². The Kier molecular flexibility index (Phi) is 8.89. The fourth-order valence-corrected chi connectivity index (χ4v) is 9.11. The largest absolute Gasteiger partial charge is 0.461 e. The molecule has 0 saturated carbocycles. The zero-order valence-electron chi connectivity index (χ0n) is 30.4. The van der Waals surface area contributed by atoms with Crippen LogP contribution in [0.15, 0.2) is 48.7 Å². The first-order valence-corrected chi connectivity index (χ1v) is 18.8. The van der Waals surface area contributed by atoms with Crippen LogP contribution in [0.4, 0.5) is 19.0 Å². The Morgan fingerprint density at radius 2 is 1.95 bits per heavy atom. The first-order chi connectivity index (χ1) is 26.5. The number of anilines is 1. The van der Waals surface area contributed by atoms with Crippen molar-refractivity contribution < 1.29 is 27.4 Å². The lowest BCUT2D eigenvalue weighted by Crippen LogP contribution is -2.72. The molecular formula is C40H38ClF3N8O3. The van der Waals surface area contributed by atoms with Crippen LogP contribution in [0.2, 0.25) is 5.02 Å². The molecule has 9 rings (SSSR count). The van der Waals surface area contributed by atoms with Crippen LogP contribution in [0, 0.1) is 25.5 Å².